The van der Waals surface area contributed by atoms with Crippen LogP contribution >= 0.6 is 11.5 Å². The van der Waals surface area contributed by atoms with E-state index in [2.05, 4.69) is 27.9 Å². The molecule has 1 heterocycles. The Morgan fingerprint density at radius 3 is 2.82 bits per heavy atom. The van der Waals surface area contributed by atoms with Gasteiger partial charge < -0.3 is 10.1 Å². The van der Waals surface area contributed by atoms with E-state index in [1.807, 2.05) is 24.6 Å². The second-order valence-electron chi connectivity index (χ2n) is 3.80. The molecule has 1 atom stereocenters. The van der Waals surface area contributed by atoms with Crippen LogP contribution in [-0.2, 0) is 0 Å². The molecule has 0 saturated heterocycles. The molecular weight excluding hydrogens is 234 g/mol. The molecule has 1 aromatic heterocycles. The van der Waals surface area contributed by atoms with Gasteiger partial charge in [-0.3, -0.25) is 0 Å². The van der Waals surface area contributed by atoms with Crippen LogP contribution < -0.4 is 10.1 Å². The number of nitrogens with one attached hydrogen (secondary N) is 1. The lowest BCUT2D eigenvalue weighted by atomic mass is 10.0. The molecular formula is C12H15N3OS. The first kappa shape index (κ1) is 12.0. The van der Waals surface area contributed by atoms with Crippen molar-refractivity contribution in [1.82, 2.24) is 14.9 Å². The first-order chi connectivity index (χ1) is 8.26. The van der Waals surface area contributed by atoms with Gasteiger partial charge in [0.25, 0.3) is 0 Å². The third kappa shape index (κ3) is 2.45. The number of methoxy groups -OCH3 is 1. The Morgan fingerprint density at radius 1 is 1.41 bits per heavy atom. The van der Waals surface area contributed by atoms with Crippen molar-refractivity contribution in [2.24, 2.45) is 0 Å². The minimum Gasteiger partial charge on any atom is -0.496 e. The fourth-order valence-electron chi connectivity index (χ4n) is 1.84. The molecule has 0 saturated carbocycles. The summed E-state index contributed by atoms with van der Waals surface area (Å²) in [4.78, 5) is 0. The van der Waals surface area contributed by atoms with E-state index >= 15 is 0 Å². The summed E-state index contributed by atoms with van der Waals surface area (Å²) in [6, 6.07) is 6.14. The smallest absolute Gasteiger partial charge is 0.124 e. The zero-order chi connectivity index (χ0) is 12.3. The van der Waals surface area contributed by atoms with Gasteiger partial charge in [-0.25, -0.2) is 0 Å². The van der Waals surface area contributed by atoms with Crippen molar-refractivity contribution in [2.45, 2.75) is 13.0 Å². The van der Waals surface area contributed by atoms with Gasteiger partial charge in [-0.2, -0.15) is 0 Å². The van der Waals surface area contributed by atoms with Crippen LogP contribution in [0.4, 0.5) is 0 Å². The van der Waals surface area contributed by atoms with Gasteiger partial charge in [0.05, 0.1) is 18.8 Å². The molecule has 0 radical (unpaired) electrons. The minimum atomic E-state index is 0.0172. The molecule has 1 aromatic carbocycles. The average Bonchev–Trinajstić information content (AvgIpc) is 2.84. The van der Waals surface area contributed by atoms with E-state index in [-0.39, 0.29) is 6.04 Å². The van der Waals surface area contributed by atoms with E-state index in [4.69, 9.17) is 4.74 Å². The highest BCUT2D eigenvalue weighted by Crippen LogP contribution is 2.29. The highest BCUT2D eigenvalue weighted by atomic mass is 32.1. The summed E-state index contributed by atoms with van der Waals surface area (Å²) in [5.41, 5.74) is 3.20. The number of aromatic nitrogens is 2. The Bertz CT molecular complexity index is 485. The van der Waals surface area contributed by atoms with Crippen molar-refractivity contribution in [3.8, 4) is 5.75 Å². The SMILES string of the molecule is CNC(c1csnn1)c1cc(C)ccc1OC. The van der Waals surface area contributed by atoms with Gasteiger partial charge in [0.2, 0.25) is 0 Å². The summed E-state index contributed by atoms with van der Waals surface area (Å²) in [5, 5.41) is 9.31. The zero-order valence-corrected chi connectivity index (χ0v) is 10.9. The number of nitrogens with zero attached hydrogens (tertiary/aromatic N) is 2. The van der Waals surface area contributed by atoms with Crippen LogP contribution in [0.15, 0.2) is 23.6 Å². The lowest BCUT2D eigenvalue weighted by molar-refractivity contribution is 0.405. The second-order valence-corrected chi connectivity index (χ2v) is 4.41. The number of hydrogen-bond acceptors (Lipinski definition) is 5. The Morgan fingerprint density at radius 2 is 2.24 bits per heavy atom. The molecule has 0 aliphatic carbocycles. The molecule has 5 heteroatoms. The molecule has 0 aliphatic heterocycles. The Hall–Kier alpha value is -1.46. The number of benzene rings is 1. The van der Waals surface area contributed by atoms with Crippen LogP contribution in [0.2, 0.25) is 0 Å². The zero-order valence-electron chi connectivity index (χ0n) is 10.1. The fraction of sp³-hybridized carbons (Fsp3) is 0.333. The van der Waals surface area contributed by atoms with Crippen LogP contribution in [-0.4, -0.2) is 23.7 Å². The van der Waals surface area contributed by atoms with Crippen molar-refractivity contribution in [3.63, 3.8) is 0 Å². The van der Waals surface area contributed by atoms with Gasteiger partial charge in [-0.05, 0) is 31.6 Å². The van der Waals surface area contributed by atoms with Crippen LogP contribution in [0.3, 0.4) is 0 Å². The monoisotopic (exact) mass is 249 g/mol. The lowest BCUT2D eigenvalue weighted by Gasteiger charge is -2.17. The molecule has 0 spiro atoms. The van der Waals surface area contributed by atoms with E-state index in [0.717, 1.165) is 17.0 Å². The summed E-state index contributed by atoms with van der Waals surface area (Å²) >= 11 is 1.35. The average molecular weight is 249 g/mol. The van der Waals surface area contributed by atoms with Crippen molar-refractivity contribution in [3.05, 3.63) is 40.4 Å². The molecule has 1 N–H and O–H groups in total. The van der Waals surface area contributed by atoms with Crippen LogP contribution in [0.25, 0.3) is 0 Å². The van der Waals surface area contributed by atoms with Gasteiger partial charge in [0.15, 0.2) is 0 Å². The molecule has 0 amide bonds. The largest absolute Gasteiger partial charge is 0.496 e. The maximum atomic E-state index is 5.40. The normalized spacial score (nSPS) is 12.4. The van der Waals surface area contributed by atoms with Gasteiger partial charge in [0.1, 0.15) is 5.75 Å². The highest BCUT2D eigenvalue weighted by Gasteiger charge is 2.18. The predicted octanol–water partition coefficient (Wildman–Crippen LogP) is 2.16. The number of rotatable bonds is 4. The summed E-state index contributed by atoms with van der Waals surface area (Å²) in [7, 11) is 3.59. The third-order valence-electron chi connectivity index (χ3n) is 2.66. The molecule has 17 heavy (non-hydrogen) atoms. The van der Waals surface area contributed by atoms with E-state index in [1.54, 1.807) is 7.11 Å². The summed E-state index contributed by atoms with van der Waals surface area (Å²) in [6.45, 7) is 2.06. The Labute approximate surface area is 105 Å². The molecule has 90 valence electrons. The number of aryl methyl sites for hydroxylation is 1. The van der Waals surface area contributed by atoms with Crippen molar-refractivity contribution in [2.75, 3.05) is 14.2 Å². The van der Waals surface area contributed by atoms with Gasteiger partial charge >= 0.3 is 0 Å². The van der Waals surface area contributed by atoms with Gasteiger partial charge in [-0.15, -0.1) is 5.10 Å². The van der Waals surface area contributed by atoms with Crippen molar-refractivity contribution < 1.29 is 4.74 Å². The van der Waals surface area contributed by atoms with E-state index in [0.29, 0.717) is 0 Å². The van der Waals surface area contributed by atoms with Gasteiger partial charge in [-0.1, -0.05) is 22.2 Å². The maximum Gasteiger partial charge on any atom is 0.124 e. The summed E-state index contributed by atoms with van der Waals surface area (Å²) in [6.07, 6.45) is 0. The second kappa shape index (κ2) is 5.25. The number of ether oxygens (including phenoxy) is 1. The first-order valence-electron chi connectivity index (χ1n) is 5.35. The van der Waals surface area contributed by atoms with E-state index < -0.39 is 0 Å². The highest BCUT2D eigenvalue weighted by molar-refractivity contribution is 7.03. The summed E-state index contributed by atoms with van der Waals surface area (Å²) < 4.78 is 9.30. The quantitative estimate of drug-likeness (QED) is 0.902. The van der Waals surface area contributed by atoms with Crippen LogP contribution in [0, 0.1) is 6.92 Å². The van der Waals surface area contributed by atoms with Crippen molar-refractivity contribution >= 4 is 11.5 Å². The molecule has 1 unspecified atom stereocenters. The maximum absolute atomic E-state index is 5.40. The molecule has 0 fully saturated rings. The third-order valence-corrected chi connectivity index (χ3v) is 3.18. The summed E-state index contributed by atoms with van der Waals surface area (Å²) in [5.74, 6) is 0.864. The molecule has 0 bridgehead atoms. The van der Waals surface area contributed by atoms with E-state index in [1.165, 1.54) is 17.1 Å². The predicted molar refractivity (Wildman–Crippen MR) is 68.5 cm³/mol. The van der Waals surface area contributed by atoms with Crippen LogP contribution in [0.5, 0.6) is 5.75 Å². The Balaban J connectivity index is 2.46. The molecule has 0 aliphatic rings. The van der Waals surface area contributed by atoms with Gasteiger partial charge in [0, 0.05) is 10.9 Å². The molecule has 2 aromatic rings. The minimum absolute atomic E-state index is 0.0172. The fourth-order valence-corrected chi connectivity index (χ4v) is 2.32. The van der Waals surface area contributed by atoms with Crippen LogP contribution in [0.1, 0.15) is 22.9 Å². The molecule has 4 nitrogen and oxygen atoms in total. The topological polar surface area (TPSA) is 47.0 Å². The van der Waals surface area contributed by atoms with E-state index in [9.17, 15) is 0 Å². The standard InChI is InChI=1S/C12H15N3OS/c1-8-4-5-11(16-3)9(6-8)12(13-2)10-7-17-15-14-10/h4-7,12-13H,1-3H3. The molecule has 2 rings (SSSR count). The number of hydrogen-bond donors (Lipinski definition) is 1. The lowest BCUT2D eigenvalue weighted by Crippen LogP contribution is -2.19. The Kier molecular flexibility index (Phi) is 3.71. The first-order valence-corrected chi connectivity index (χ1v) is 6.18. The van der Waals surface area contributed by atoms with Crippen molar-refractivity contribution in [1.29, 1.82) is 0 Å².